The van der Waals surface area contributed by atoms with Crippen LogP contribution in [0.5, 0.6) is 5.75 Å². The number of nitrogens with one attached hydrogen (secondary N) is 2. The molecule has 1 aromatic carbocycles. The number of tetrazole rings is 1. The van der Waals surface area contributed by atoms with E-state index in [9.17, 15) is 4.79 Å². The molecule has 106 valence electrons. The lowest BCUT2D eigenvalue weighted by Gasteiger charge is -2.00. The molecule has 0 saturated heterocycles. The fraction of sp³-hybridized carbons (Fsp3) is 0.0833. The fourth-order valence-corrected chi connectivity index (χ4v) is 2.35. The molecule has 0 aliphatic carbocycles. The number of benzene rings is 1. The van der Waals surface area contributed by atoms with Crippen LogP contribution in [0.15, 0.2) is 29.6 Å². The molecule has 2 N–H and O–H groups in total. The number of amides is 1. The number of methoxy groups -OCH3 is 1. The van der Waals surface area contributed by atoms with E-state index < -0.39 is 5.91 Å². The van der Waals surface area contributed by atoms with E-state index >= 15 is 0 Å². The van der Waals surface area contributed by atoms with Crippen molar-refractivity contribution in [2.45, 2.75) is 0 Å². The number of H-pyrrole nitrogens is 1. The maximum absolute atomic E-state index is 11.8. The largest absolute Gasteiger partial charge is 0.497 e. The second kappa shape index (κ2) is 5.67. The Labute approximate surface area is 123 Å². The number of rotatable bonds is 4. The molecule has 1 amide bonds. The Balaban J connectivity index is 1.75. The molecule has 0 atom stereocenters. The van der Waals surface area contributed by atoms with Gasteiger partial charge in [-0.05, 0) is 29.5 Å². The molecule has 0 aliphatic heterocycles. The number of nitrogens with zero attached hydrogens (tertiary/aromatic N) is 4. The van der Waals surface area contributed by atoms with Crippen molar-refractivity contribution in [2.75, 3.05) is 12.4 Å². The number of thiazole rings is 1. The highest BCUT2D eigenvalue weighted by atomic mass is 32.1. The number of aromatic amines is 1. The first-order valence-corrected chi connectivity index (χ1v) is 6.79. The third-order valence-corrected chi connectivity index (χ3v) is 3.42. The molecule has 3 rings (SSSR count). The number of aromatic nitrogens is 5. The van der Waals surface area contributed by atoms with E-state index in [1.165, 1.54) is 11.3 Å². The van der Waals surface area contributed by atoms with E-state index in [0.717, 1.165) is 17.0 Å². The van der Waals surface area contributed by atoms with E-state index in [-0.39, 0.29) is 5.82 Å². The third-order valence-electron chi connectivity index (χ3n) is 2.66. The summed E-state index contributed by atoms with van der Waals surface area (Å²) < 4.78 is 5.11. The fourth-order valence-electron chi connectivity index (χ4n) is 1.64. The van der Waals surface area contributed by atoms with Crippen molar-refractivity contribution in [2.24, 2.45) is 0 Å². The van der Waals surface area contributed by atoms with Crippen molar-refractivity contribution in [1.29, 1.82) is 0 Å². The summed E-state index contributed by atoms with van der Waals surface area (Å²) in [6.45, 7) is 0. The van der Waals surface area contributed by atoms with Gasteiger partial charge in [0.05, 0.1) is 12.8 Å². The average Bonchev–Trinajstić information content (AvgIpc) is 3.19. The predicted molar refractivity (Wildman–Crippen MR) is 76.2 cm³/mol. The molecule has 0 bridgehead atoms. The van der Waals surface area contributed by atoms with Crippen molar-refractivity contribution >= 4 is 22.4 Å². The Bertz CT molecular complexity index is 737. The van der Waals surface area contributed by atoms with Gasteiger partial charge in [0.2, 0.25) is 0 Å². The van der Waals surface area contributed by atoms with Crippen LogP contribution in [0.1, 0.15) is 10.6 Å². The normalized spacial score (nSPS) is 10.3. The van der Waals surface area contributed by atoms with Crippen LogP contribution in [0.2, 0.25) is 0 Å². The van der Waals surface area contributed by atoms with Crippen molar-refractivity contribution in [3.63, 3.8) is 0 Å². The monoisotopic (exact) mass is 302 g/mol. The summed E-state index contributed by atoms with van der Waals surface area (Å²) in [5.74, 6) is 0.287. The van der Waals surface area contributed by atoms with Gasteiger partial charge in [-0.2, -0.15) is 5.21 Å². The van der Waals surface area contributed by atoms with Crippen LogP contribution in [0, 0.1) is 0 Å². The van der Waals surface area contributed by atoms with Crippen molar-refractivity contribution < 1.29 is 9.53 Å². The first-order chi connectivity index (χ1) is 10.3. The molecule has 0 unspecified atom stereocenters. The summed E-state index contributed by atoms with van der Waals surface area (Å²) in [5.41, 5.74) is 1.71. The lowest BCUT2D eigenvalue weighted by Crippen LogP contribution is -2.13. The maximum atomic E-state index is 11.8. The number of anilines is 1. The Hall–Kier alpha value is -2.81. The Morgan fingerprint density at radius 1 is 1.33 bits per heavy atom. The van der Waals surface area contributed by atoms with Crippen molar-refractivity contribution in [3.05, 3.63) is 35.5 Å². The SMILES string of the molecule is COc1ccc(-c2csc(NC(=O)c3nn[nH]n3)n2)cc1. The van der Waals surface area contributed by atoms with Gasteiger partial charge in [-0.15, -0.1) is 21.5 Å². The first kappa shape index (κ1) is 13.2. The highest BCUT2D eigenvalue weighted by Crippen LogP contribution is 2.26. The van der Waals surface area contributed by atoms with E-state index in [2.05, 4.69) is 30.9 Å². The minimum Gasteiger partial charge on any atom is -0.497 e. The zero-order valence-electron chi connectivity index (χ0n) is 10.9. The zero-order valence-corrected chi connectivity index (χ0v) is 11.7. The first-order valence-electron chi connectivity index (χ1n) is 5.91. The van der Waals surface area contributed by atoms with Crippen LogP contribution in [-0.4, -0.2) is 38.6 Å². The molecule has 0 aliphatic rings. The molecule has 0 fully saturated rings. The third kappa shape index (κ3) is 2.87. The molecule has 0 saturated carbocycles. The second-order valence-electron chi connectivity index (χ2n) is 3.96. The molecule has 0 spiro atoms. The minimum atomic E-state index is -0.459. The van der Waals surface area contributed by atoms with Gasteiger partial charge in [0.15, 0.2) is 5.13 Å². The summed E-state index contributed by atoms with van der Waals surface area (Å²) in [7, 11) is 1.61. The van der Waals surface area contributed by atoms with Crippen LogP contribution in [-0.2, 0) is 0 Å². The Kier molecular flexibility index (Phi) is 3.56. The highest BCUT2D eigenvalue weighted by Gasteiger charge is 2.13. The Morgan fingerprint density at radius 2 is 2.14 bits per heavy atom. The van der Waals surface area contributed by atoms with Gasteiger partial charge in [0.1, 0.15) is 5.75 Å². The smallest absolute Gasteiger partial charge is 0.299 e. The molecule has 21 heavy (non-hydrogen) atoms. The van der Waals surface area contributed by atoms with E-state index in [4.69, 9.17) is 4.74 Å². The summed E-state index contributed by atoms with van der Waals surface area (Å²) in [6, 6.07) is 7.51. The second-order valence-corrected chi connectivity index (χ2v) is 4.81. The number of carbonyl (C=O) groups is 1. The number of hydrogen-bond donors (Lipinski definition) is 2. The molecule has 0 radical (unpaired) electrons. The van der Waals surface area contributed by atoms with Gasteiger partial charge >= 0.3 is 0 Å². The van der Waals surface area contributed by atoms with Gasteiger partial charge < -0.3 is 4.74 Å². The lowest BCUT2D eigenvalue weighted by molar-refractivity contribution is 0.101. The summed E-state index contributed by atoms with van der Waals surface area (Å²) >= 11 is 1.32. The lowest BCUT2D eigenvalue weighted by atomic mass is 10.2. The van der Waals surface area contributed by atoms with Crippen LogP contribution in [0.3, 0.4) is 0 Å². The van der Waals surface area contributed by atoms with Crippen LogP contribution in [0.4, 0.5) is 5.13 Å². The molecular formula is C12H10N6O2S. The number of carbonyl (C=O) groups excluding carboxylic acids is 1. The van der Waals surface area contributed by atoms with Crippen LogP contribution < -0.4 is 10.1 Å². The molecule has 2 aromatic heterocycles. The number of hydrogen-bond acceptors (Lipinski definition) is 7. The van der Waals surface area contributed by atoms with Crippen LogP contribution >= 0.6 is 11.3 Å². The predicted octanol–water partition coefficient (Wildman–Crippen LogP) is 1.58. The van der Waals surface area contributed by atoms with Gasteiger partial charge in [-0.25, -0.2) is 4.98 Å². The van der Waals surface area contributed by atoms with Gasteiger partial charge in [-0.1, -0.05) is 0 Å². The topological polar surface area (TPSA) is 106 Å². The Morgan fingerprint density at radius 3 is 2.81 bits per heavy atom. The van der Waals surface area contributed by atoms with Crippen molar-refractivity contribution in [3.8, 4) is 17.0 Å². The van der Waals surface area contributed by atoms with Crippen molar-refractivity contribution in [1.82, 2.24) is 25.6 Å². The summed E-state index contributed by atoms with van der Waals surface area (Å²) in [4.78, 5) is 16.1. The van der Waals surface area contributed by atoms with Crippen LogP contribution in [0.25, 0.3) is 11.3 Å². The standard InChI is InChI=1S/C12H10N6O2S/c1-20-8-4-2-7(3-5-8)9-6-21-12(13-9)14-11(19)10-15-17-18-16-10/h2-6H,1H3,(H,13,14,19)(H,15,16,17,18). The minimum absolute atomic E-state index is 0.0313. The average molecular weight is 302 g/mol. The van der Waals surface area contributed by atoms with E-state index in [1.807, 2.05) is 29.6 Å². The van der Waals surface area contributed by atoms with Gasteiger partial charge in [0.25, 0.3) is 11.7 Å². The maximum Gasteiger partial charge on any atom is 0.299 e. The van der Waals surface area contributed by atoms with E-state index in [0.29, 0.717) is 5.13 Å². The quantitative estimate of drug-likeness (QED) is 0.758. The molecule has 2 heterocycles. The summed E-state index contributed by atoms with van der Waals surface area (Å²) in [5, 5.41) is 17.7. The molecule has 3 aromatic rings. The molecule has 8 nitrogen and oxygen atoms in total. The van der Waals surface area contributed by atoms with E-state index in [1.54, 1.807) is 7.11 Å². The summed E-state index contributed by atoms with van der Waals surface area (Å²) in [6.07, 6.45) is 0. The van der Waals surface area contributed by atoms with Gasteiger partial charge in [0, 0.05) is 10.9 Å². The molecular weight excluding hydrogens is 292 g/mol. The zero-order chi connectivity index (χ0) is 14.7. The molecule has 9 heteroatoms. The number of ether oxygens (including phenoxy) is 1. The highest BCUT2D eigenvalue weighted by molar-refractivity contribution is 7.14. The van der Waals surface area contributed by atoms with Gasteiger partial charge in [-0.3, -0.25) is 10.1 Å².